The molecule has 0 amide bonds. The van der Waals surface area contributed by atoms with Crippen LogP contribution in [0.15, 0.2) is 23.2 Å². The van der Waals surface area contributed by atoms with Gasteiger partial charge >= 0.3 is 0 Å². The van der Waals surface area contributed by atoms with E-state index < -0.39 is 0 Å². The number of aliphatic imine (C=N–C) groups is 1. The van der Waals surface area contributed by atoms with E-state index in [4.69, 9.17) is 23.2 Å². The molecule has 0 spiro atoms. The Labute approximate surface area is 189 Å². The third-order valence-electron chi connectivity index (χ3n) is 4.59. The summed E-state index contributed by atoms with van der Waals surface area (Å²) in [6.07, 6.45) is 2.65. The number of rotatable bonds is 7. The van der Waals surface area contributed by atoms with Crippen LogP contribution in [0.25, 0.3) is 0 Å². The predicted octanol–water partition coefficient (Wildman–Crippen LogP) is 4.07. The van der Waals surface area contributed by atoms with E-state index in [-0.39, 0.29) is 36.1 Å². The first-order valence-corrected chi connectivity index (χ1v) is 10.2. The summed E-state index contributed by atoms with van der Waals surface area (Å²) in [5.74, 6) is 0.792. The predicted molar refractivity (Wildman–Crippen MR) is 126 cm³/mol. The van der Waals surface area contributed by atoms with Crippen molar-refractivity contribution in [3.8, 4) is 0 Å². The van der Waals surface area contributed by atoms with Crippen LogP contribution >= 0.6 is 47.2 Å². The quantitative estimate of drug-likeness (QED) is 0.216. The summed E-state index contributed by atoms with van der Waals surface area (Å²) in [6, 6.07) is 5.58. The average molecular weight is 529 g/mol. The van der Waals surface area contributed by atoms with Crippen LogP contribution < -0.4 is 10.6 Å². The normalized spacial score (nSPS) is 17.3. The molecular weight excluding hydrogens is 498 g/mol. The number of aliphatic hydroxyl groups excluding tert-OH is 1. The lowest BCUT2D eigenvalue weighted by molar-refractivity contribution is 0.0824. The first-order chi connectivity index (χ1) is 12.5. The number of benzene rings is 1. The fourth-order valence-electron chi connectivity index (χ4n) is 3.08. The van der Waals surface area contributed by atoms with Crippen LogP contribution in [-0.2, 0) is 0 Å². The number of nitrogens with zero attached hydrogens (tertiary/aromatic N) is 2. The van der Waals surface area contributed by atoms with Gasteiger partial charge in [-0.15, -0.1) is 24.0 Å². The van der Waals surface area contributed by atoms with E-state index in [0.29, 0.717) is 10.0 Å². The molecule has 1 fully saturated rings. The minimum Gasteiger partial charge on any atom is -0.393 e. The Bertz CT molecular complexity index is 595. The molecule has 1 aliphatic heterocycles. The van der Waals surface area contributed by atoms with Gasteiger partial charge in [0.25, 0.3) is 0 Å². The molecule has 1 atom stereocenters. The van der Waals surface area contributed by atoms with E-state index in [2.05, 4.69) is 34.4 Å². The number of likely N-dealkylation sites (tertiary alicyclic amines) is 1. The Hall–Kier alpha value is -0.280. The van der Waals surface area contributed by atoms with E-state index in [0.717, 1.165) is 63.5 Å². The maximum Gasteiger partial charge on any atom is 0.191 e. The largest absolute Gasteiger partial charge is 0.393 e. The first-order valence-electron chi connectivity index (χ1n) is 9.39. The van der Waals surface area contributed by atoms with Gasteiger partial charge in [-0.2, -0.15) is 0 Å². The Morgan fingerprint density at radius 3 is 2.67 bits per heavy atom. The molecule has 1 aromatic rings. The third-order valence-corrected chi connectivity index (χ3v) is 5.15. The van der Waals surface area contributed by atoms with Crippen LogP contribution in [-0.4, -0.2) is 54.8 Å². The van der Waals surface area contributed by atoms with Crippen molar-refractivity contribution in [2.75, 3.05) is 32.7 Å². The summed E-state index contributed by atoms with van der Waals surface area (Å²) < 4.78 is 0. The summed E-state index contributed by atoms with van der Waals surface area (Å²) in [7, 11) is 0. The summed E-state index contributed by atoms with van der Waals surface area (Å²) in [5.41, 5.74) is 0.994. The topological polar surface area (TPSA) is 59.9 Å². The molecule has 0 saturated carbocycles. The number of guanidine groups is 1. The molecule has 3 N–H and O–H groups in total. The van der Waals surface area contributed by atoms with Crippen molar-refractivity contribution < 1.29 is 5.11 Å². The number of nitrogens with one attached hydrogen (secondary N) is 2. The van der Waals surface area contributed by atoms with Crippen molar-refractivity contribution in [1.82, 2.24) is 15.5 Å². The van der Waals surface area contributed by atoms with Crippen LogP contribution in [0.5, 0.6) is 0 Å². The summed E-state index contributed by atoms with van der Waals surface area (Å²) in [4.78, 5) is 7.08. The van der Waals surface area contributed by atoms with Gasteiger partial charge in [-0.1, -0.05) is 29.3 Å². The number of piperidine rings is 1. The second-order valence-corrected chi connectivity index (χ2v) is 7.56. The molecule has 1 aliphatic rings. The van der Waals surface area contributed by atoms with Crippen molar-refractivity contribution in [2.45, 2.75) is 45.3 Å². The number of aliphatic hydroxyl groups is 1. The summed E-state index contributed by atoms with van der Waals surface area (Å²) >= 11 is 12.3. The van der Waals surface area contributed by atoms with Gasteiger partial charge < -0.3 is 20.6 Å². The van der Waals surface area contributed by atoms with Gasteiger partial charge in [0, 0.05) is 36.2 Å². The molecule has 0 bridgehead atoms. The zero-order valence-electron chi connectivity index (χ0n) is 16.0. The Morgan fingerprint density at radius 2 is 2.04 bits per heavy atom. The molecule has 2 rings (SSSR count). The number of hydrogen-bond acceptors (Lipinski definition) is 3. The standard InChI is InChI=1S/C19H30Cl2N4O.HI/c1-3-22-19(23-9-4-10-25-11-7-16(26)8-12-25)24-14(2)17-6-5-15(20)13-18(17)21;/h5-6,13-14,16,26H,3-4,7-12H2,1-2H3,(H2,22,23,24);1H. The van der Waals surface area contributed by atoms with Crippen molar-refractivity contribution >= 4 is 53.1 Å². The molecule has 0 aliphatic carbocycles. The van der Waals surface area contributed by atoms with Crippen LogP contribution in [0.2, 0.25) is 10.0 Å². The Morgan fingerprint density at radius 1 is 1.33 bits per heavy atom. The van der Waals surface area contributed by atoms with Crippen molar-refractivity contribution in [3.05, 3.63) is 33.8 Å². The van der Waals surface area contributed by atoms with Crippen molar-refractivity contribution in [3.63, 3.8) is 0 Å². The molecule has 1 aromatic carbocycles. The van der Waals surface area contributed by atoms with Gasteiger partial charge in [0.05, 0.1) is 12.1 Å². The van der Waals surface area contributed by atoms with Crippen LogP contribution in [0, 0.1) is 0 Å². The number of halogens is 3. The van der Waals surface area contributed by atoms with Gasteiger partial charge in [0.15, 0.2) is 5.96 Å². The maximum atomic E-state index is 9.56. The fourth-order valence-corrected chi connectivity index (χ4v) is 3.66. The lowest BCUT2D eigenvalue weighted by Gasteiger charge is -2.29. The van der Waals surface area contributed by atoms with Crippen LogP contribution in [0.3, 0.4) is 0 Å². The summed E-state index contributed by atoms with van der Waals surface area (Å²) in [5, 5.41) is 17.5. The first kappa shape index (κ1) is 24.8. The minimum absolute atomic E-state index is 0. The molecule has 8 heteroatoms. The summed E-state index contributed by atoms with van der Waals surface area (Å²) in [6.45, 7) is 8.66. The van der Waals surface area contributed by atoms with Crippen molar-refractivity contribution in [2.24, 2.45) is 4.99 Å². The highest BCUT2D eigenvalue weighted by Crippen LogP contribution is 2.26. The van der Waals surface area contributed by atoms with Crippen molar-refractivity contribution in [1.29, 1.82) is 0 Å². The van der Waals surface area contributed by atoms with Gasteiger partial charge in [-0.05, 0) is 57.4 Å². The van der Waals surface area contributed by atoms with Gasteiger partial charge in [-0.25, -0.2) is 0 Å². The number of hydrogen-bond donors (Lipinski definition) is 3. The molecule has 0 radical (unpaired) electrons. The average Bonchev–Trinajstić information content (AvgIpc) is 2.60. The molecule has 1 saturated heterocycles. The lowest BCUT2D eigenvalue weighted by Crippen LogP contribution is -2.39. The monoisotopic (exact) mass is 528 g/mol. The SMILES string of the molecule is CCNC(=NCCCN1CCC(O)CC1)NC(C)c1ccc(Cl)cc1Cl.I. The zero-order valence-corrected chi connectivity index (χ0v) is 19.9. The van der Waals surface area contributed by atoms with E-state index in [1.165, 1.54) is 0 Å². The van der Waals surface area contributed by atoms with Gasteiger partial charge in [0.2, 0.25) is 0 Å². The minimum atomic E-state index is -0.116. The molecule has 1 unspecified atom stereocenters. The molecule has 27 heavy (non-hydrogen) atoms. The smallest absolute Gasteiger partial charge is 0.191 e. The zero-order chi connectivity index (χ0) is 18.9. The lowest BCUT2D eigenvalue weighted by atomic mass is 10.1. The van der Waals surface area contributed by atoms with E-state index >= 15 is 0 Å². The Balaban J connectivity index is 0.00000364. The molecular formula is C19H31Cl2IN4O. The Kier molecular flexibility index (Phi) is 12.0. The molecule has 1 heterocycles. The van der Waals surface area contributed by atoms with Crippen LogP contribution in [0.4, 0.5) is 0 Å². The molecule has 154 valence electrons. The van der Waals surface area contributed by atoms with Gasteiger partial charge in [0.1, 0.15) is 0 Å². The van der Waals surface area contributed by atoms with E-state index in [1.54, 1.807) is 6.07 Å². The second-order valence-electron chi connectivity index (χ2n) is 6.72. The highest BCUT2D eigenvalue weighted by Gasteiger charge is 2.16. The highest BCUT2D eigenvalue weighted by atomic mass is 127. The van der Waals surface area contributed by atoms with E-state index in [9.17, 15) is 5.11 Å². The van der Waals surface area contributed by atoms with Gasteiger partial charge in [-0.3, -0.25) is 4.99 Å². The second kappa shape index (κ2) is 13.0. The highest BCUT2D eigenvalue weighted by molar-refractivity contribution is 14.0. The molecule has 5 nitrogen and oxygen atoms in total. The fraction of sp³-hybridized carbons (Fsp3) is 0.632. The molecule has 0 aromatic heterocycles. The van der Waals surface area contributed by atoms with Crippen LogP contribution in [0.1, 0.15) is 44.7 Å². The van der Waals surface area contributed by atoms with E-state index in [1.807, 2.05) is 12.1 Å². The maximum absolute atomic E-state index is 9.56. The third kappa shape index (κ3) is 8.73.